The molecule has 3 N–H and O–H groups in total. The number of alkyl halides is 6. The Kier molecular flexibility index (Phi) is 9.59. The minimum atomic E-state index is -5.03. The molecular formula is C33H39F6N5O2. The zero-order valence-corrected chi connectivity index (χ0v) is 25.8. The van der Waals surface area contributed by atoms with Gasteiger partial charge >= 0.3 is 12.4 Å². The molecule has 0 bridgehead atoms. The first-order valence-electron chi connectivity index (χ1n) is 15.5. The Hall–Kier alpha value is -3.42. The van der Waals surface area contributed by atoms with E-state index in [4.69, 9.17) is 5.73 Å². The maximum Gasteiger partial charge on any atom is 0.416 e. The third-order valence-corrected chi connectivity index (χ3v) is 9.50. The molecule has 5 rings (SSSR count). The number of H-pyrrole nitrogens is 1. The second-order valence-corrected chi connectivity index (χ2v) is 12.5. The van der Waals surface area contributed by atoms with Crippen LogP contribution in [0, 0.1) is 0 Å². The van der Waals surface area contributed by atoms with E-state index in [0.29, 0.717) is 47.7 Å². The number of para-hydroxylation sites is 1. The van der Waals surface area contributed by atoms with Gasteiger partial charge in [-0.25, -0.2) is 0 Å². The Labute approximate surface area is 263 Å². The summed E-state index contributed by atoms with van der Waals surface area (Å²) in [7, 11) is 1.30. The van der Waals surface area contributed by atoms with Crippen LogP contribution in [-0.2, 0) is 34.0 Å². The van der Waals surface area contributed by atoms with Gasteiger partial charge in [-0.1, -0.05) is 24.6 Å². The van der Waals surface area contributed by atoms with Gasteiger partial charge in [-0.3, -0.25) is 14.5 Å². The largest absolute Gasteiger partial charge is 0.416 e. The summed E-state index contributed by atoms with van der Waals surface area (Å²) in [5.41, 5.74) is 2.97. The number of carbonyl (C=O) groups is 2. The van der Waals surface area contributed by atoms with Gasteiger partial charge in [0.05, 0.1) is 11.1 Å². The third kappa shape index (κ3) is 6.82. The third-order valence-electron chi connectivity index (χ3n) is 9.50. The molecule has 1 amide bonds. The van der Waals surface area contributed by atoms with Gasteiger partial charge in [0.25, 0.3) is 0 Å². The topological polar surface area (TPSA) is 85.7 Å². The predicted molar refractivity (Wildman–Crippen MR) is 162 cm³/mol. The minimum Gasteiger partial charge on any atom is -0.361 e. The van der Waals surface area contributed by atoms with E-state index in [2.05, 4.69) is 9.88 Å². The molecule has 0 aliphatic carbocycles. The smallest absolute Gasteiger partial charge is 0.361 e. The number of likely N-dealkylation sites (N-methyl/N-ethyl adjacent to an activating group) is 1. The van der Waals surface area contributed by atoms with E-state index < -0.39 is 53.3 Å². The van der Waals surface area contributed by atoms with E-state index >= 15 is 0 Å². The summed E-state index contributed by atoms with van der Waals surface area (Å²) in [5.74, 6) is -1.18. The highest BCUT2D eigenvalue weighted by atomic mass is 19.4. The van der Waals surface area contributed by atoms with Crippen LogP contribution in [0.15, 0.2) is 48.7 Å². The zero-order chi connectivity index (χ0) is 33.4. The van der Waals surface area contributed by atoms with Crippen molar-refractivity contribution in [3.63, 3.8) is 0 Å². The number of ketones is 1. The van der Waals surface area contributed by atoms with Gasteiger partial charge in [0.1, 0.15) is 11.6 Å². The molecule has 2 fully saturated rings. The molecule has 2 aliphatic heterocycles. The second-order valence-electron chi connectivity index (χ2n) is 12.5. The molecule has 2 atom stereocenters. The van der Waals surface area contributed by atoms with Gasteiger partial charge in [0, 0.05) is 55.4 Å². The number of rotatable bonds is 8. The monoisotopic (exact) mass is 651 g/mol. The Balaban J connectivity index is 1.52. The van der Waals surface area contributed by atoms with Crippen molar-refractivity contribution in [1.82, 2.24) is 19.7 Å². The summed E-state index contributed by atoms with van der Waals surface area (Å²) in [6.45, 7) is 3.59. The van der Waals surface area contributed by atoms with Crippen molar-refractivity contribution in [2.75, 3.05) is 33.2 Å². The fraction of sp³-hybridized carbons (Fsp3) is 0.515. The number of piperidine rings is 2. The first-order valence-corrected chi connectivity index (χ1v) is 15.5. The van der Waals surface area contributed by atoms with Crippen LogP contribution in [0.2, 0.25) is 0 Å². The molecule has 2 unspecified atom stereocenters. The minimum absolute atomic E-state index is 0.0539. The molecule has 7 nitrogen and oxygen atoms in total. The average Bonchev–Trinajstić information content (AvgIpc) is 3.45. The number of hydrogen-bond acceptors (Lipinski definition) is 5. The number of fused-ring (bicyclic) bond motifs is 1. The zero-order valence-electron chi connectivity index (χ0n) is 25.8. The number of aromatic amines is 1. The van der Waals surface area contributed by atoms with E-state index in [-0.39, 0.29) is 11.6 Å². The Bertz CT molecular complexity index is 1520. The average molecular weight is 652 g/mol. The number of hydrogen-bond donors (Lipinski definition) is 2. The summed E-state index contributed by atoms with van der Waals surface area (Å²) in [6.07, 6.45) is -3.60. The van der Waals surface area contributed by atoms with E-state index in [1.807, 2.05) is 4.90 Å². The number of benzene rings is 2. The van der Waals surface area contributed by atoms with Crippen molar-refractivity contribution in [2.45, 2.75) is 75.5 Å². The Morgan fingerprint density at radius 2 is 1.52 bits per heavy atom. The number of aromatic nitrogens is 1. The number of halogens is 6. The molecule has 2 aliphatic rings. The van der Waals surface area contributed by atoms with Crippen LogP contribution >= 0.6 is 0 Å². The number of nitrogens with one attached hydrogen (secondary N) is 1. The Morgan fingerprint density at radius 3 is 2.09 bits per heavy atom. The fourth-order valence-electron chi connectivity index (χ4n) is 7.05. The van der Waals surface area contributed by atoms with Crippen molar-refractivity contribution in [2.24, 2.45) is 5.73 Å². The van der Waals surface area contributed by atoms with Crippen molar-refractivity contribution in [3.8, 4) is 0 Å². The number of likely N-dealkylation sites (tertiary alicyclic amines) is 2. The van der Waals surface area contributed by atoms with Crippen LogP contribution in [0.1, 0.15) is 61.3 Å². The molecule has 2 saturated heterocycles. The number of carbonyl (C=O) groups excluding carboxylic acids is 2. The highest BCUT2D eigenvalue weighted by molar-refractivity contribution is 6.00. The first-order chi connectivity index (χ1) is 21.6. The van der Waals surface area contributed by atoms with Crippen LogP contribution in [0.3, 0.4) is 0 Å². The lowest BCUT2D eigenvalue weighted by Crippen LogP contribution is -2.67. The lowest BCUT2D eigenvalue weighted by Gasteiger charge is -2.47. The molecule has 0 radical (unpaired) electrons. The van der Waals surface area contributed by atoms with Gasteiger partial charge in [-0.05, 0) is 75.5 Å². The van der Waals surface area contributed by atoms with Crippen molar-refractivity contribution >= 4 is 22.6 Å². The lowest BCUT2D eigenvalue weighted by molar-refractivity contribution is -0.145. The van der Waals surface area contributed by atoms with Crippen molar-refractivity contribution in [3.05, 3.63) is 70.9 Å². The van der Waals surface area contributed by atoms with E-state index in [0.717, 1.165) is 43.7 Å². The molecule has 46 heavy (non-hydrogen) atoms. The molecule has 3 aromatic rings. The molecule has 13 heteroatoms. The van der Waals surface area contributed by atoms with E-state index in [1.54, 1.807) is 30.5 Å². The van der Waals surface area contributed by atoms with Crippen LogP contribution in [-0.4, -0.2) is 76.7 Å². The summed E-state index contributed by atoms with van der Waals surface area (Å²) in [6, 6.07) is 7.46. The van der Waals surface area contributed by atoms with E-state index in [9.17, 15) is 35.9 Å². The molecule has 0 spiro atoms. The van der Waals surface area contributed by atoms with Crippen LogP contribution in [0.25, 0.3) is 10.9 Å². The number of nitrogens with two attached hydrogens (primary N) is 1. The predicted octanol–water partition coefficient (Wildman–Crippen LogP) is 5.93. The summed E-state index contributed by atoms with van der Waals surface area (Å²) >= 11 is 0. The molecule has 0 saturated carbocycles. The number of amides is 1. The normalized spacial score (nSPS) is 19.6. The number of nitrogens with zero attached hydrogens (tertiary/aromatic N) is 3. The number of Topliss-reactive ketones (excluding diaryl/α,β-unsaturated/α-hetero) is 1. The highest BCUT2D eigenvalue weighted by Crippen LogP contribution is 2.38. The van der Waals surface area contributed by atoms with Gasteiger partial charge < -0.3 is 20.5 Å². The lowest BCUT2D eigenvalue weighted by atomic mass is 9.77. The summed E-state index contributed by atoms with van der Waals surface area (Å²) in [4.78, 5) is 36.6. The van der Waals surface area contributed by atoms with Crippen LogP contribution in [0.4, 0.5) is 26.3 Å². The second kappa shape index (κ2) is 13.0. The molecule has 250 valence electrons. The molecule has 2 aromatic carbocycles. The van der Waals surface area contributed by atoms with Gasteiger partial charge in [0.15, 0.2) is 5.78 Å². The van der Waals surface area contributed by atoms with E-state index in [1.165, 1.54) is 20.4 Å². The first kappa shape index (κ1) is 33.9. The summed E-state index contributed by atoms with van der Waals surface area (Å²) < 4.78 is 81.5. The standard InChI is InChI=1S/C33H39F6N5O2/c1-21(45)31(40,27-19-41-28-9-5-4-8-26(27)28)29(44-14-10-25(11-15-44)43-12-6-3-7-13-43)30(46)42(2)20-22-16-23(32(34,35)36)18-24(17-22)33(37,38)39/h4-5,8-9,16-19,25,29,41H,3,6-7,10-15,20,40H2,1-2H3. The fourth-order valence-corrected chi connectivity index (χ4v) is 7.05. The molecular weight excluding hydrogens is 612 g/mol. The van der Waals surface area contributed by atoms with Crippen LogP contribution < -0.4 is 5.73 Å². The van der Waals surface area contributed by atoms with Gasteiger partial charge in [0.2, 0.25) is 5.91 Å². The summed E-state index contributed by atoms with van der Waals surface area (Å²) in [5, 5.41) is 0.636. The molecule has 3 heterocycles. The highest BCUT2D eigenvalue weighted by Gasteiger charge is 2.51. The quantitative estimate of drug-likeness (QED) is 0.295. The van der Waals surface area contributed by atoms with Crippen molar-refractivity contribution in [1.29, 1.82) is 0 Å². The van der Waals surface area contributed by atoms with Crippen molar-refractivity contribution < 1.29 is 35.9 Å². The maximum absolute atomic E-state index is 14.5. The van der Waals surface area contributed by atoms with Gasteiger partial charge in [-0.2, -0.15) is 26.3 Å². The van der Waals surface area contributed by atoms with Crippen LogP contribution in [0.5, 0.6) is 0 Å². The molecule has 1 aromatic heterocycles. The maximum atomic E-state index is 14.5. The SMILES string of the molecule is CC(=O)C(N)(c1c[nH]c2ccccc12)C(C(=O)N(C)Cc1cc(C(F)(F)F)cc(C(F)(F)F)c1)N1CCC(N2CCCCC2)CC1. The Morgan fingerprint density at radius 1 is 0.935 bits per heavy atom. The van der Waals surface area contributed by atoms with Gasteiger partial charge in [-0.15, -0.1) is 0 Å².